The normalized spacial score (nSPS) is 23.8. The highest BCUT2D eigenvalue weighted by molar-refractivity contribution is 5.87. The first kappa shape index (κ1) is 10.0. The van der Waals surface area contributed by atoms with E-state index < -0.39 is 11.9 Å². The Morgan fingerprint density at radius 2 is 2.15 bits per heavy atom. The molecule has 2 amide bonds. The molecular weight excluding hydrogens is 168 g/mol. The van der Waals surface area contributed by atoms with Crippen molar-refractivity contribution in [2.45, 2.75) is 32.2 Å². The Balaban J connectivity index is 2.72. The number of hydrogen-bond donors (Lipinski definition) is 1. The Hall–Kier alpha value is -1.06. The Bertz CT molecular complexity index is 194. The third-order valence-corrected chi connectivity index (χ3v) is 2.27. The van der Waals surface area contributed by atoms with Crippen molar-refractivity contribution in [2.75, 3.05) is 6.54 Å². The van der Waals surface area contributed by atoms with E-state index >= 15 is 0 Å². The van der Waals surface area contributed by atoms with Crippen molar-refractivity contribution < 1.29 is 9.59 Å². The Labute approximate surface area is 78.1 Å². The second-order valence-electron chi connectivity index (χ2n) is 3.29. The fraction of sp³-hybridized carbons (Fsp3) is 0.667. The smallest absolute Gasteiger partial charge is 0.240 e. The predicted octanol–water partition coefficient (Wildman–Crippen LogP) is 0.0770. The van der Waals surface area contributed by atoms with Gasteiger partial charge in [0.25, 0.3) is 0 Å². The predicted molar refractivity (Wildman–Crippen MR) is 48.5 cm³/mol. The summed E-state index contributed by atoms with van der Waals surface area (Å²) < 4.78 is 0. The fourth-order valence-electron chi connectivity index (χ4n) is 1.59. The molecule has 1 aliphatic rings. The number of rotatable bonds is 1. The van der Waals surface area contributed by atoms with Crippen LogP contribution in [0.4, 0.5) is 0 Å². The van der Waals surface area contributed by atoms with Crippen molar-refractivity contribution in [3.05, 3.63) is 6.42 Å². The van der Waals surface area contributed by atoms with Crippen LogP contribution in [0.2, 0.25) is 0 Å². The number of nitrogens with zero attached hydrogens (tertiary/aromatic N) is 1. The molecule has 73 valence electrons. The molecule has 1 atom stereocenters. The SMILES string of the molecule is CC(=O)N1CCCC[CH]C1C(N)=O. The van der Waals surface area contributed by atoms with Crippen LogP contribution in [0, 0.1) is 6.42 Å². The van der Waals surface area contributed by atoms with Crippen LogP contribution in [0.15, 0.2) is 0 Å². The lowest BCUT2D eigenvalue weighted by Crippen LogP contribution is -2.46. The van der Waals surface area contributed by atoms with Gasteiger partial charge in [-0.25, -0.2) is 0 Å². The van der Waals surface area contributed by atoms with Crippen LogP contribution >= 0.6 is 0 Å². The molecule has 1 rings (SSSR count). The molecular formula is C9H15N2O2. The minimum absolute atomic E-state index is 0.0815. The summed E-state index contributed by atoms with van der Waals surface area (Å²) in [5, 5.41) is 0. The third-order valence-electron chi connectivity index (χ3n) is 2.27. The molecule has 2 N–H and O–H groups in total. The molecule has 4 nitrogen and oxygen atoms in total. The van der Waals surface area contributed by atoms with Crippen LogP contribution in [0.25, 0.3) is 0 Å². The quantitative estimate of drug-likeness (QED) is 0.625. The van der Waals surface area contributed by atoms with E-state index in [9.17, 15) is 9.59 Å². The van der Waals surface area contributed by atoms with Crippen molar-refractivity contribution in [1.29, 1.82) is 0 Å². The van der Waals surface area contributed by atoms with Crippen molar-refractivity contribution in [1.82, 2.24) is 4.90 Å². The van der Waals surface area contributed by atoms with Gasteiger partial charge in [0.15, 0.2) is 0 Å². The summed E-state index contributed by atoms with van der Waals surface area (Å²) in [4.78, 5) is 23.7. The van der Waals surface area contributed by atoms with Crippen molar-refractivity contribution in [3.8, 4) is 0 Å². The van der Waals surface area contributed by atoms with E-state index in [1.807, 2.05) is 6.42 Å². The summed E-state index contributed by atoms with van der Waals surface area (Å²) in [5.41, 5.74) is 5.20. The summed E-state index contributed by atoms with van der Waals surface area (Å²) in [6.45, 7) is 2.11. The van der Waals surface area contributed by atoms with E-state index in [0.717, 1.165) is 19.3 Å². The maximum absolute atomic E-state index is 11.2. The third kappa shape index (κ3) is 2.44. The molecule has 0 aliphatic carbocycles. The summed E-state index contributed by atoms with van der Waals surface area (Å²) in [5.74, 6) is -0.515. The lowest BCUT2D eigenvalue weighted by Gasteiger charge is -2.25. The topological polar surface area (TPSA) is 63.4 Å². The first-order valence-electron chi connectivity index (χ1n) is 4.53. The van der Waals surface area contributed by atoms with Gasteiger partial charge in [0.1, 0.15) is 6.04 Å². The zero-order valence-corrected chi connectivity index (χ0v) is 7.82. The highest BCUT2D eigenvalue weighted by Gasteiger charge is 2.27. The number of hydrogen-bond acceptors (Lipinski definition) is 2. The van der Waals surface area contributed by atoms with Crippen molar-refractivity contribution in [3.63, 3.8) is 0 Å². The van der Waals surface area contributed by atoms with Gasteiger partial charge in [-0.1, -0.05) is 6.42 Å². The number of amides is 2. The van der Waals surface area contributed by atoms with E-state index in [1.165, 1.54) is 11.8 Å². The molecule has 0 aromatic heterocycles. The minimum atomic E-state index is -0.500. The van der Waals surface area contributed by atoms with Crippen LogP contribution in [0.1, 0.15) is 26.2 Å². The monoisotopic (exact) mass is 183 g/mol. The molecule has 1 heterocycles. The molecule has 1 fully saturated rings. The summed E-state index contributed by atoms with van der Waals surface area (Å²) in [7, 11) is 0. The Morgan fingerprint density at radius 1 is 1.46 bits per heavy atom. The van der Waals surface area contributed by atoms with Gasteiger partial charge < -0.3 is 10.6 Å². The van der Waals surface area contributed by atoms with E-state index in [0.29, 0.717) is 6.54 Å². The molecule has 4 heteroatoms. The first-order valence-corrected chi connectivity index (χ1v) is 4.53. The first-order chi connectivity index (χ1) is 6.13. The van der Waals surface area contributed by atoms with E-state index in [4.69, 9.17) is 5.73 Å². The van der Waals surface area contributed by atoms with Crippen molar-refractivity contribution in [2.24, 2.45) is 5.73 Å². The minimum Gasteiger partial charge on any atom is -0.368 e. The van der Waals surface area contributed by atoms with Gasteiger partial charge in [0.05, 0.1) is 0 Å². The van der Waals surface area contributed by atoms with Crippen LogP contribution in [0.5, 0.6) is 0 Å². The second-order valence-corrected chi connectivity index (χ2v) is 3.29. The Morgan fingerprint density at radius 3 is 2.69 bits per heavy atom. The van der Waals surface area contributed by atoms with Gasteiger partial charge in [-0.2, -0.15) is 0 Å². The van der Waals surface area contributed by atoms with Gasteiger partial charge in [0.2, 0.25) is 11.8 Å². The average Bonchev–Trinajstić information content (AvgIpc) is 2.27. The molecule has 1 radical (unpaired) electrons. The van der Waals surface area contributed by atoms with Crippen LogP contribution < -0.4 is 5.73 Å². The second kappa shape index (κ2) is 4.25. The van der Waals surface area contributed by atoms with Crippen LogP contribution in [-0.2, 0) is 9.59 Å². The van der Waals surface area contributed by atoms with Crippen LogP contribution in [-0.4, -0.2) is 29.3 Å². The zero-order chi connectivity index (χ0) is 9.84. The highest BCUT2D eigenvalue weighted by atomic mass is 16.2. The number of carbonyl (C=O) groups is 2. The maximum atomic E-state index is 11.2. The largest absolute Gasteiger partial charge is 0.368 e. The number of nitrogens with two attached hydrogens (primary N) is 1. The van der Waals surface area contributed by atoms with E-state index in [1.54, 1.807) is 0 Å². The number of carbonyl (C=O) groups excluding carboxylic acids is 2. The van der Waals surface area contributed by atoms with E-state index in [-0.39, 0.29) is 5.91 Å². The molecule has 0 saturated carbocycles. The fourth-order valence-corrected chi connectivity index (χ4v) is 1.59. The molecule has 0 aromatic rings. The van der Waals surface area contributed by atoms with Gasteiger partial charge in [-0.3, -0.25) is 9.59 Å². The summed E-state index contributed by atoms with van der Waals surface area (Å²) >= 11 is 0. The molecule has 0 bridgehead atoms. The maximum Gasteiger partial charge on any atom is 0.240 e. The molecule has 1 unspecified atom stereocenters. The number of primary amides is 1. The molecule has 1 saturated heterocycles. The van der Waals surface area contributed by atoms with Crippen molar-refractivity contribution >= 4 is 11.8 Å². The lowest BCUT2D eigenvalue weighted by atomic mass is 10.1. The molecule has 0 aromatic carbocycles. The highest BCUT2D eigenvalue weighted by Crippen LogP contribution is 2.15. The van der Waals surface area contributed by atoms with E-state index in [2.05, 4.69) is 0 Å². The lowest BCUT2D eigenvalue weighted by molar-refractivity contribution is -0.136. The molecule has 0 spiro atoms. The molecule has 13 heavy (non-hydrogen) atoms. The average molecular weight is 183 g/mol. The number of likely N-dealkylation sites (tertiary alicyclic amines) is 1. The van der Waals surface area contributed by atoms with Crippen LogP contribution in [0.3, 0.4) is 0 Å². The summed E-state index contributed by atoms with van der Waals surface area (Å²) in [6, 6.07) is -0.500. The summed E-state index contributed by atoms with van der Waals surface area (Å²) in [6.07, 6.45) is 4.65. The Kier molecular flexibility index (Phi) is 3.28. The van der Waals surface area contributed by atoms with Gasteiger partial charge >= 0.3 is 0 Å². The standard InChI is InChI=1S/C9H15N2O2/c1-7(12)11-6-4-2-3-5-8(11)9(10)13/h5,8H,2-4,6H2,1H3,(H2,10,13). The molecule has 1 aliphatic heterocycles. The zero-order valence-electron chi connectivity index (χ0n) is 7.82. The van der Waals surface area contributed by atoms with Gasteiger partial charge in [-0.05, 0) is 19.3 Å². The van der Waals surface area contributed by atoms with Gasteiger partial charge in [-0.15, -0.1) is 0 Å². The van der Waals surface area contributed by atoms with Gasteiger partial charge in [0, 0.05) is 13.5 Å².